The molecule has 0 aliphatic carbocycles. The first kappa shape index (κ1) is 9.55. The first-order chi connectivity index (χ1) is 5.93. The lowest BCUT2D eigenvalue weighted by molar-refractivity contribution is 0.920. The van der Waals surface area contributed by atoms with Gasteiger partial charge in [-0.15, -0.1) is 0 Å². The van der Waals surface area contributed by atoms with E-state index in [1.54, 1.807) is 0 Å². The number of nitrogens with one attached hydrogen (secondary N) is 2. The Morgan fingerprint density at radius 1 is 1.50 bits per heavy atom. The van der Waals surface area contributed by atoms with E-state index < -0.39 is 0 Å². The van der Waals surface area contributed by atoms with Gasteiger partial charge in [-0.25, -0.2) is 0 Å². The maximum Gasteiger partial charge on any atom is 0.204 e. The quantitative estimate of drug-likeness (QED) is 0.338. The molecule has 1 heterocycles. The molecule has 0 spiro atoms. The van der Waals surface area contributed by atoms with E-state index in [1.165, 1.54) is 0 Å². The van der Waals surface area contributed by atoms with Gasteiger partial charge in [0.25, 0.3) is 0 Å². The van der Waals surface area contributed by atoms with E-state index in [0.717, 1.165) is 24.6 Å². The smallest absolute Gasteiger partial charge is 0.204 e. The Balaban J connectivity index is 2.39. The predicted molar refractivity (Wildman–Crippen MR) is 54.0 cm³/mol. The molecule has 4 nitrogen and oxygen atoms in total. The molecular weight excluding hydrogens is 192 g/mol. The van der Waals surface area contributed by atoms with E-state index in [1.807, 2.05) is 27.8 Å². The van der Waals surface area contributed by atoms with Crippen molar-refractivity contribution in [1.82, 2.24) is 10.6 Å². The largest absolute Gasteiger partial charge is 0.355 e. The zero-order valence-corrected chi connectivity index (χ0v) is 8.17. The van der Waals surface area contributed by atoms with Gasteiger partial charge in [0.2, 0.25) is 5.96 Å². The molecule has 12 heavy (non-hydrogen) atoms. The number of guanidine groups is 1. The Labute approximate surface area is 79.6 Å². The first-order valence-electron chi connectivity index (χ1n) is 3.61. The van der Waals surface area contributed by atoms with E-state index in [2.05, 4.69) is 15.6 Å². The summed E-state index contributed by atoms with van der Waals surface area (Å²) in [4.78, 5) is 4.17. The molecule has 0 aromatic carbocycles. The number of aliphatic imine (C=N–C) groups is 1. The molecule has 0 saturated carbocycles. The van der Waals surface area contributed by atoms with Gasteiger partial charge in [-0.3, -0.25) is 10.3 Å². The second-order valence-corrected chi connectivity index (χ2v) is 4.74. The van der Waals surface area contributed by atoms with Gasteiger partial charge >= 0.3 is 0 Å². The molecular formula is C6H10N4S2. The van der Waals surface area contributed by atoms with E-state index >= 15 is 0 Å². The third-order valence-electron chi connectivity index (χ3n) is 1.18. The van der Waals surface area contributed by atoms with E-state index in [0.29, 0.717) is 5.96 Å². The van der Waals surface area contributed by atoms with Gasteiger partial charge in [-0.1, -0.05) is 21.6 Å². The first-order valence-corrected chi connectivity index (χ1v) is 6.10. The summed E-state index contributed by atoms with van der Waals surface area (Å²) in [6, 6.07) is 0. The standard InChI is InChI=1S/C6H10N4S2/c7-5-10-6-8-1-3-11-12-4-2-9-6/h1-4H2,(H2,8,9,10). The average molecular weight is 202 g/mol. The minimum atomic E-state index is 0.598. The maximum atomic E-state index is 8.36. The highest BCUT2D eigenvalue weighted by molar-refractivity contribution is 8.76. The van der Waals surface area contributed by atoms with Crippen molar-refractivity contribution >= 4 is 27.5 Å². The van der Waals surface area contributed by atoms with Crippen LogP contribution in [-0.2, 0) is 0 Å². The molecule has 0 fully saturated rings. The summed E-state index contributed by atoms with van der Waals surface area (Å²) in [6.45, 7) is 1.61. The van der Waals surface area contributed by atoms with E-state index in [4.69, 9.17) is 5.26 Å². The van der Waals surface area contributed by atoms with E-state index in [-0.39, 0.29) is 0 Å². The lowest BCUT2D eigenvalue weighted by Gasteiger charge is -2.04. The number of nitriles is 1. The topological polar surface area (TPSA) is 60.2 Å². The van der Waals surface area contributed by atoms with Gasteiger partial charge in [0.1, 0.15) is 0 Å². The normalized spacial score (nSPS) is 18.8. The van der Waals surface area contributed by atoms with Gasteiger partial charge in [0.05, 0.1) is 6.54 Å². The summed E-state index contributed by atoms with van der Waals surface area (Å²) in [5.41, 5.74) is 0. The summed E-state index contributed by atoms with van der Waals surface area (Å²) >= 11 is 0. The van der Waals surface area contributed by atoms with Gasteiger partial charge in [0, 0.05) is 18.1 Å². The monoisotopic (exact) mass is 202 g/mol. The van der Waals surface area contributed by atoms with Crippen LogP contribution >= 0.6 is 21.6 Å². The predicted octanol–water partition coefficient (Wildman–Crippen LogP) is 0.398. The number of hydrogen-bond donors (Lipinski definition) is 2. The lowest BCUT2D eigenvalue weighted by Crippen LogP contribution is -2.35. The van der Waals surface area contributed by atoms with Crippen molar-refractivity contribution in [2.45, 2.75) is 0 Å². The summed E-state index contributed by atoms with van der Waals surface area (Å²) < 4.78 is 0. The van der Waals surface area contributed by atoms with Crippen LogP contribution in [0.25, 0.3) is 0 Å². The molecule has 0 radical (unpaired) electrons. The molecule has 0 unspecified atom stereocenters. The SMILES string of the molecule is N#CNC1=NCCSSCCN1. The van der Waals surface area contributed by atoms with Crippen LogP contribution in [0.1, 0.15) is 0 Å². The van der Waals surface area contributed by atoms with Gasteiger partial charge < -0.3 is 5.32 Å². The summed E-state index contributed by atoms with van der Waals surface area (Å²) in [7, 11) is 3.65. The van der Waals surface area contributed by atoms with Crippen molar-refractivity contribution in [2.24, 2.45) is 4.99 Å². The van der Waals surface area contributed by atoms with Crippen LogP contribution in [0.3, 0.4) is 0 Å². The van der Waals surface area contributed by atoms with Crippen molar-refractivity contribution in [3.63, 3.8) is 0 Å². The fourth-order valence-corrected chi connectivity index (χ4v) is 2.48. The van der Waals surface area contributed by atoms with Crippen LogP contribution in [0.4, 0.5) is 0 Å². The molecule has 66 valence electrons. The molecule has 6 heteroatoms. The van der Waals surface area contributed by atoms with Crippen LogP contribution in [0.15, 0.2) is 4.99 Å². The second-order valence-electron chi connectivity index (χ2n) is 2.04. The van der Waals surface area contributed by atoms with Crippen molar-refractivity contribution in [3.05, 3.63) is 0 Å². The summed E-state index contributed by atoms with van der Waals surface area (Å²) in [5, 5.41) is 13.9. The molecule has 0 bridgehead atoms. The average Bonchev–Trinajstić information content (AvgIpc) is 2.19. The molecule has 1 rings (SSSR count). The fourth-order valence-electron chi connectivity index (χ4n) is 0.716. The van der Waals surface area contributed by atoms with Crippen LogP contribution < -0.4 is 10.6 Å². The molecule has 0 saturated heterocycles. The Morgan fingerprint density at radius 3 is 3.17 bits per heavy atom. The van der Waals surface area contributed by atoms with Crippen molar-refractivity contribution in [1.29, 1.82) is 5.26 Å². The Kier molecular flexibility index (Phi) is 4.80. The zero-order chi connectivity index (χ0) is 8.65. The van der Waals surface area contributed by atoms with Crippen molar-refractivity contribution < 1.29 is 0 Å². The second kappa shape index (κ2) is 6.03. The van der Waals surface area contributed by atoms with Gasteiger partial charge in [-0.05, 0) is 0 Å². The summed E-state index contributed by atoms with van der Waals surface area (Å²) in [5.74, 6) is 2.64. The van der Waals surface area contributed by atoms with Crippen molar-refractivity contribution in [3.8, 4) is 6.19 Å². The highest BCUT2D eigenvalue weighted by atomic mass is 33.1. The fraction of sp³-hybridized carbons (Fsp3) is 0.667. The molecule has 1 aliphatic rings. The van der Waals surface area contributed by atoms with Crippen LogP contribution in [0.2, 0.25) is 0 Å². The zero-order valence-electron chi connectivity index (χ0n) is 6.54. The molecule has 0 aromatic heterocycles. The van der Waals surface area contributed by atoms with Crippen LogP contribution in [-0.4, -0.2) is 30.6 Å². The molecule has 2 N–H and O–H groups in total. The van der Waals surface area contributed by atoms with Crippen LogP contribution in [0.5, 0.6) is 0 Å². The van der Waals surface area contributed by atoms with Crippen molar-refractivity contribution in [2.75, 3.05) is 24.6 Å². The highest BCUT2D eigenvalue weighted by Crippen LogP contribution is 2.20. The number of hydrogen-bond acceptors (Lipinski definition) is 6. The molecule has 0 aromatic rings. The molecule has 0 amide bonds. The Hall–Kier alpha value is -0.540. The third-order valence-corrected chi connectivity index (χ3v) is 3.57. The summed E-state index contributed by atoms with van der Waals surface area (Å²) in [6.07, 6.45) is 1.85. The van der Waals surface area contributed by atoms with Crippen LogP contribution in [0, 0.1) is 11.5 Å². The highest BCUT2D eigenvalue weighted by Gasteiger charge is 1.99. The van der Waals surface area contributed by atoms with Gasteiger partial charge in [-0.2, -0.15) is 5.26 Å². The molecule has 0 atom stereocenters. The maximum absolute atomic E-state index is 8.36. The third kappa shape index (κ3) is 3.74. The lowest BCUT2D eigenvalue weighted by atomic mass is 10.7. The minimum Gasteiger partial charge on any atom is -0.355 e. The number of nitrogens with zero attached hydrogens (tertiary/aromatic N) is 2. The Bertz CT molecular complexity index is 198. The molecule has 1 aliphatic heterocycles. The number of rotatable bonds is 0. The minimum absolute atomic E-state index is 0.598. The van der Waals surface area contributed by atoms with E-state index in [9.17, 15) is 0 Å². The Morgan fingerprint density at radius 2 is 2.33 bits per heavy atom. The van der Waals surface area contributed by atoms with Gasteiger partial charge in [0.15, 0.2) is 6.19 Å².